The highest BCUT2D eigenvalue weighted by Crippen LogP contribution is 2.23. The number of carbonyl (C=O) groups is 1. The molecule has 0 saturated heterocycles. The Bertz CT molecular complexity index is 732. The van der Waals surface area contributed by atoms with E-state index in [1.165, 1.54) is 5.56 Å². The average Bonchev–Trinajstić information content (AvgIpc) is 2.70. The average molecular weight is 399 g/mol. The summed E-state index contributed by atoms with van der Waals surface area (Å²) >= 11 is 0. The molecule has 2 aromatic rings. The van der Waals surface area contributed by atoms with E-state index in [0.29, 0.717) is 13.0 Å². The lowest BCUT2D eigenvalue weighted by Gasteiger charge is -2.26. The van der Waals surface area contributed by atoms with Crippen LogP contribution in [-0.4, -0.2) is 30.2 Å². The van der Waals surface area contributed by atoms with Crippen LogP contribution in [0.2, 0.25) is 0 Å². The Kier molecular flexibility index (Phi) is 8.87. The summed E-state index contributed by atoms with van der Waals surface area (Å²) < 4.78 is 11.3. The van der Waals surface area contributed by atoms with Crippen LogP contribution in [0.3, 0.4) is 0 Å². The fourth-order valence-corrected chi connectivity index (χ4v) is 3.01. The van der Waals surface area contributed by atoms with Gasteiger partial charge in [-0.05, 0) is 41.5 Å². The van der Waals surface area contributed by atoms with Crippen molar-refractivity contribution in [3.8, 4) is 5.75 Å². The predicted molar refractivity (Wildman–Crippen MR) is 116 cm³/mol. The minimum atomic E-state index is -0.647. The number of aliphatic hydroxyl groups is 1. The first kappa shape index (κ1) is 23.1. The maximum atomic E-state index is 12.6. The van der Waals surface area contributed by atoms with Crippen molar-refractivity contribution in [3.63, 3.8) is 0 Å². The molecule has 158 valence electrons. The van der Waals surface area contributed by atoms with E-state index in [9.17, 15) is 9.90 Å². The molecule has 2 aromatic carbocycles. The summed E-state index contributed by atoms with van der Waals surface area (Å²) in [6.07, 6.45) is 1.26. The van der Waals surface area contributed by atoms with Crippen molar-refractivity contribution < 1.29 is 19.4 Å². The zero-order valence-corrected chi connectivity index (χ0v) is 18.1. The number of hydrogen-bond acceptors (Lipinski definition) is 4. The van der Waals surface area contributed by atoms with Crippen molar-refractivity contribution in [2.45, 2.75) is 65.3 Å². The van der Waals surface area contributed by atoms with Crippen LogP contribution in [0.1, 0.15) is 51.2 Å². The number of Topliss-reactive ketones (excluding diaryl/α,β-unsaturated/α-hetero) is 1. The molecule has 0 radical (unpaired) electrons. The molecule has 0 heterocycles. The van der Waals surface area contributed by atoms with E-state index in [2.05, 4.69) is 12.1 Å². The third-order valence-corrected chi connectivity index (χ3v) is 5.12. The molecule has 4 nitrogen and oxygen atoms in total. The lowest BCUT2D eigenvalue weighted by atomic mass is 9.85. The minimum Gasteiger partial charge on any atom is -0.497 e. The van der Waals surface area contributed by atoms with E-state index in [4.69, 9.17) is 9.47 Å². The number of benzene rings is 2. The third kappa shape index (κ3) is 8.38. The summed E-state index contributed by atoms with van der Waals surface area (Å²) in [5.41, 5.74) is 1.96. The van der Waals surface area contributed by atoms with Gasteiger partial charge in [0.1, 0.15) is 11.5 Å². The number of ether oxygens (including phenoxy) is 2. The second kappa shape index (κ2) is 11.1. The van der Waals surface area contributed by atoms with Crippen LogP contribution >= 0.6 is 0 Å². The Morgan fingerprint density at radius 3 is 2.21 bits per heavy atom. The molecule has 2 atom stereocenters. The van der Waals surface area contributed by atoms with Crippen molar-refractivity contribution in [3.05, 3.63) is 65.7 Å². The molecule has 4 heteroatoms. The first-order valence-electron chi connectivity index (χ1n) is 10.3. The number of aliphatic hydroxyl groups excluding tert-OH is 1. The molecule has 0 spiro atoms. The molecule has 29 heavy (non-hydrogen) atoms. The van der Waals surface area contributed by atoms with Crippen molar-refractivity contribution >= 4 is 5.78 Å². The van der Waals surface area contributed by atoms with Gasteiger partial charge in [-0.15, -0.1) is 0 Å². The van der Waals surface area contributed by atoms with Gasteiger partial charge in [0, 0.05) is 12.8 Å². The van der Waals surface area contributed by atoms with Gasteiger partial charge in [0.25, 0.3) is 0 Å². The molecule has 2 rings (SSSR count). The normalized spacial score (nSPS) is 13.7. The molecule has 0 fully saturated rings. The van der Waals surface area contributed by atoms with Crippen LogP contribution in [0.25, 0.3) is 0 Å². The molecule has 0 saturated carbocycles. The quantitative estimate of drug-likeness (QED) is 0.581. The van der Waals surface area contributed by atoms with Gasteiger partial charge >= 0.3 is 0 Å². The zero-order chi connectivity index (χ0) is 21.3. The van der Waals surface area contributed by atoms with Gasteiger partial charge in [0.15, 0.2) is 0 Å². The second-order valence-electron chi connectivity index (χ2n) is 8.63. The first-order chi connectivity index (χ1) is 13.8. The van der Waals surface area contributed by atoms with Crippen molar-refractivity contribution in [2.75, 3.05) is 7.11 Å². The number of ketones is 1. The molecule has 0 bridgehead atoms. The number of carbonyl (C=O) groups excluding carboxylic acids is 1. The van der Waals surface area contributed by atoms with E-state index < -0.39 is 6.10 Å². The maximum Gasteiger partial charge on any atom is 0.138 e. The molecule has 1 N–H and O–H groups in total. The molecule has 0 aliphatic carbocycles. The topological polar surface area (TPSA) is 55.8 Å². The Balaban J connectivity index is 1.96. The van der Waals surface area contributed by atoms with Crippen LogP contribution in [-0.2, 0) is 22.6 Å². The summed E-state index contributed by atoms with van der Waals surface area (Å²) in [5.74, 6) is 0.848. The van der Waals surface area contributed by atoms with Gasteiger partial charge in [0.2, 0.25) is 0 Å². The van der Waals surface area contributed by atoms with Crippen LogP contribution in [0.5, 0.6) is 5.75 Å². The van der Waals surface area contributed by atoms with Gasteiger partial charge in [-0.2, -0.15) is 0 Å². The molecular weight excluding hydrogens is 364 g/mol. The summed E-state index contributed by atoms with van der Waals surface area (Å²) in [5, 5.41) is 10.3. The van der Waals surface area contributed by atoms with Crippen LogP contribution in [0.4, 0.5) is 0 Å². The van der Waals surface area contributed by atoms with Crippen molar-refractivity contribution in [1.29, 1.82) is 0 Å². The highest BCUT2D eigenvalue weighted by atomic mass is 16.5. The predicted octanol–water partition coefficient (Wildman–Crippen LogP) is 4.97. The maximum absolute atomic E-state index is 12.6. The number of aryl methyl sites for hydroxylation is 1. The Morgan fingerprint density at radius 1 is 0.966 bits per heavy atom. The van der Waals surface area contributed by atoms with Gasteiger partial charge in [-0.25, -0.2) is 0 Å². The molecule has 0 unspecified atom stereocenters. The van der Waals surface area contributed by atoms with Crippen LogP contribution < -0.4 is 4.74 Å². The third-order valence-electron chi connectivity index (χ3n) is 5.12. The fourth-order valence-electron chi connectivity index (χ4n) is 3.01. The van der Waals surface area contributed by atoms with Crippen LogP contribution in [0, 0.1) is 5.41 Å². The van der Waals surface area contributed by atoms with Gasteiger partial charge in [-0.1, -0.05) is 63.2 Å². The van der Waals surface area contributed by atoms with E-state index in [0.717, 1.165) is 24.2 Å². The summed E-state index contributed by atoms with van der Waals surface area (Å²) in [6.45, 7) is 6.27. The first-order valence-corrected chi connectivity index (χ1v) is 10.3. The molecule has 0 aromatic heterocycles. The SMILES string of the molecule is COc1ccc(CO[C@H](CCc2ccccc2)CC(=O)C[C@H](O)C(C)(C)C)cc1. The fraction of sp³-hybridized carbons (Fsp3) is 0.480. The van der Waals surface area contributed by atoms with Crippen molar-refractivity contribution in [2.24, 2.45) is 5.41 Å². The second-order valence-corrected chi connectivity index (χ2v) is 8.63. The van der Waals surface area contributed by atoms with Gasteiger partial charge in [-0.3, -0.25) is 4.79 Å². The highest BCUT2D eigenvalue weighted by Gasteiger charge is 2.26. The summed E-state index contributed by atoms with van der Waals surface area (Å²) in [6, 6.07) is 18.0. The Labute approximate surface area is 174 Å². The highest BCUT2D eigenvalue weighted by molar-refractivity contribution is 5.79. The van der Waals surface area contributed by atoms with E-state index >= 15 is 0 Å². The summed E-state index contributed by atoms with van der Waals surface area (Å²) in [7, 11) is 1.64. The minimum absolute atomic E-state index is 0.0419. The lowest BCUT2D eigenvalue weighted by Crippen LogP contribution is -2.30. The van der Waals surface area contributed by atoms with E-state index in [1.54, 1.807) is 7.11 Å². The van der Waals surface area contributed by atoms with Crippen molar-refractivity contribution in [1.82, 2.24) is 0 Å². The lowest BCUT2D eigenvalue weighted by molar-refractivity contribution is -0.125. The van der Waals surface area contributed by atoms with E-state index in [1.807, 2.05) is 63.2 Å². The Hall–Kier alpha value is -2.17. The van der Waals surface area contributed by atoms with Gasteiger partial charge in [0.05, 0.1) is 25.9 Å². The number of rotatable bonds is 11. The molecule has 0 amide bonds. The number of hydrogen-bond donors (Lipinski definition) is 1. The smallest absolute Gasteiger partial charge is 0.138 e. The molecule has 0 aliphatic rings. The number of methoxy groups -OCH3 is 1. The van der Waals surface area contributed by atoms with Gasteiger partial charge < -0.3 is 14.6 Å². The Morgan fingerprint density at radius 2 is 1.62 bits per heavy atom. The summed E-state index contributed by atoms with van der Waals surface area (Å²) in [4.78, 5) is 12.6. The van der Waals surface area contributed by atoms with E-state index in [-0.39, 0.29) is 23.7 Å². The monoisotopic (exact) mass is 398 g/mol. The van der Waals surface area contributed by atoms with Crippen LogP contribution in [0.15, 0.2) is 54.6 Å². The zero-order valence-electron chi connectivity index (χ0n) is 18.1. The molecule has 0 aliphatic heterocycles. The molecular formula is C25H34O4. The largest absolute Gasteiger partial charge is 0.497 e. The standard InChI is InChI=1S/C25H34O4/c1-25(2,3)24(27)17-21(26)16-23(15-10-19-8-6-5-7-9-19)29-18-20-11-13-22(28-4)14-12-20/h5-9,11-14,23-24,27H,10,15-18H2,1-4H3/t23-,24+/m1/s1.